The molecule has 1 saturated carbocycles. The van der Waals surface area contributed by atoms with Crippen molar-refractivity contribution in [3.8, 4) is 0 Å². The van der Waals surface area contributed by atoms with Gasteiger partial charge in [-0.15, -0.1) is 0 Å². The number of rotatable bonds is 5. The lowest BCUT2D eigenvalue weighted by Crippen LogP contribution is -2.42. The van der Waals surface area contributed by atoms with Gasteiger partial charge in [-0.2, -0.15) is 0 Å². The lowest BCUT2D eigenvalue weighted by Gasteiger charge is -2.22. The Morgan fingerprint density at radius 1 is 1.26 bits per heavy atom. The van der Waals surface area contributed by atoms with Crippen molar-refractivity contribution in [1.82, 2.24) is 15.2 Å². The van der Waals surface area contributed by atoms with Gasteiger partial charge in [0.05, 0.1) is 0 Å². The van der Waals surface area contributed by atoms with Crippen LogP contribution in [-0.2, 0) is 15.1 Å². The molecule has 2 aromatic carbocycles. The Hall–Kier alpha value is -3.75. The Labute approximate surface area is 176 Å². The molecular formula is C22H19FN4O4. The van der Waals surface area contributed by atoms with Crippen molar-refractivity contribution in [1.29, 1.82) is 0 Å². The predicted octanol–water partition coefficient (Wildman–Crippen LogP) is 3.25. The molecule has 9 heteroatoms. The molecule has 2 fully saturated rings. The van der Waals surface area contributed by atoms with Crippen molar-refractivity contribution in [2.24, 2.45) is 0 Å². The van der Waals surface area contributed by atoms with Crippen LogP contribution in [0.1, 0.15) is 37.1 Å². The van der Waals surface area contributed by atoms with Gasteiger partial charge in [0.1, 0.15) is 23.4 Å². The molecule has 0 bridgehead atoms. The summed E-state index contributed by atoms with van der Waals surface area (Å²) in [5.74, 6) is -0.482. The van der Waals surface area contributed by atoms with E-state index in [0.29, 0.717) is 34.2 Å². The molecule has 4 amide bonds. The molecule has 8 nitrogen and oxygen atoms in total. The van der Waals surface area contributed by atoms with Crippen LogP contribution in [0, 0.1) is 5.82 Å². The summed E-state index contributed by atoms with van der Waals surface area (Å²) in [6.45, 7) is 1.07. The summed E-state index contributed by atoms with van der Waals surface area (Å²) in [6.07, 6.45) is 2.14. The van der Waals surface area contributed by atoms with Crippen molar-refractivity contribution in [3.63, 3.8) is 0 Å². The predicted molar refractivity (Wildman–Crippen MR) is 109 cm³/mol. The molecule has 2 N–H and O–H groups in total. The van der Waals surface area contributed by atoms with Crippen molar-refractivity contribution in [2.75, 3.05) is 11.9 Å². The van der Waals surface area contributed by atoms with E-state index < -0.39 is 35.7 Å². The second kappa shape index (κ2) is 6.90. The Morgan fingerprint density at radius 2 is 2.00 bits per heavy atom. The number of oxazole rings is 1. The Morgan fingerprint density at radius 3 is 2.71 bits per heavy atom. The zero-order valence-corrected chi connectivity index (χ0v) is 16.6. The van der Waals surface area contributed by atoms with E-state index in [1.807, 2.05) is 0 Å². The van der Waals surface area contributed by atoms with Crippen LogP contribution >= 0.6 is 0 Å². The molecule has 1 aliphatic heterocycles. The number of hydrogen-bond acceptors (Lipinski definition) is 5. The number of halogens is 1. The lowest BCUT2D eigenvalue weighted by atomic mass is 9.92. The summed E-state index contributed by atoms with van der Waals surface area (Å²) in [7, 11) is 0. The first kappa shape index (κ1) is 19.2. The molecular weight excluding hydrogens is 403 g/mol. The molecule has 3 aromatic rings. The number of carbonyl (C=O) groups excluding carboxylic acids is 3. The number of carbonyl (C=O) groups is 3. The maximum absolute atomic E-state index is 13.2. The maximum Gasteiger partial charge on any atom is 0.325 e. The molecule has 0 spiro atoms. The van der Waals surface area contributed by atoms with Crippen LogP contribution in [-0.4, -0.2) is 34.3 Å². The molecule has 1 atom stereocenters. The highest BCUT2D eigenvalue weighted by Gasteiger charge is 2.49. The van der Waals surface area contributed by atoms with Gasteiger partial charge in [-0.3, -0.25) is 14.5 Å². The number of benzene rings is 2. The van der Waals surface area contributed by atoms with E-state index >= 15 is 0 Å². The van der Waals surface area contributed by atoms with E-state index in [0.717, 1.165) is 17.7 Å². The van der Waals surface area contributed by atoms with E-state index in [1.54, 1.807) is 18.2 Å². The number of imide groups is 1. The summed E-state index contributed by atoms with van der Waals surface area (Å²) in [5, 5.41) is 5.28. The van der Waals surface area contributed by atoms with Crippen LogP contribution in [0.5, 0.6) is 0 Å². The largest absolute Gasteiger partial charge is 0.440 e. The second-order valence-corrected chi connectivity index (χ2v) is 8.01. The van der Waals surface area contributed by atoms with Gasteiger partial charge in [0, 0.05) is 11.6 Å². The summed E-state index contributed by atoms with van der Waals surface area (Å²) < 4.78 is 18.9. The number of amides is 4. The lowest BCUT2D eigenvalue weighted by molar-refractivity contribution is -0.133. The molecule has 2 aliphatic rings. The molecule has 1 aromatic heterocycles. The minimum absolute atomic E-state index is 0.376. The highest BCUT2D eigenvalue weighted by Crippen LogP contribution is 2.40. The molecule has 0 radical (unpaired) electrons. The number of nitrogens with one attached hydrogen (secondary N) is 2. The van der Waals surface area contributed by atoms with E-state index in [2.05, 4.69) is 15.6 Å². The first-order valence-corrected chi connectivity index (χ1v) is 9.94. The van der Waals surface area contributed by atoms with Crippen molar-refractivity contribution < 1.29 is 23.2 Å². The van der Waals surface area contributed by atoms with E-state index in [-0.39, 0.29) is 0 Å². The quantitative estimate of drug-likeness (QED) is 0.614. The zero-order chi connectivity index (χ0) is 21.8. The number of nitrogens with zero attached hydrogens (tertiary/aromatic N) is 2. The third-order valence-corrected chi connectivity index (χ3v) is 5.61. The van der Waals surface area contributed by atoms with Gasteiger partial charge in [-0.05, 0) is 55.7 Å². The smallest absolute Gasteiger partial charge is 0.325 e. The average molecular weight is 422 g/mol. The van der Waals surface area contributed by atoms with Gasteiger partial charge < -0.3 is 15.1 Å². The molecule has 31 heavy (non-hydrogen) atoms. The van der Waals surface area contributed by atoms with E-state index in [9.17, 15) is 18.8 Å². The maximum atomic E-state index is 13.2. The highest BCUT2D eigenvalue weighted by molar-refractivity contribution is 6.10. The summed E-state index contributed by atoms with van der Waals surface area (Å²) >= 11 is 0. The molecule has 1 saturated heterocycles. The van der Waals surface area contributed by atoms with Gasteiger partial charge in [0.15, 0.2) is 11.5 Å². The fraction of sp³-hybridized carbons (Fsp3) is 0.273. The Balaban J connectivity index is 1.29. The third-order valence-electron chi connectivity index (χ3n) is 5.61. The average Bonchev–Trinajstić information content (AvgIpc) is 3.46. The van der Waals surface area contributed by atoms with Gasteiger partial charge in [0.2, 0.25) is 5.91 Å². The number of fused-ring (bicyclic) bond motifs is 1. The zero-order valence-electron chi connectivity index (χ0n) is 16.6. The summed E-state index contributed by atoms with van der Waals surface area (Å²) in [6, 6.07) is 9.69. The van der Waals surface area contributed by atoms with E-state index in [4.69, 9.17) is 4.42 Å². The number of aromatic nitrogens is 1. The second-order valence-electron chi connectivity index (χ2n) is 8.01. The van der Waals surface area contributed by atoms with Crippen LogP contribution in [0.2, 0.25) is 0 Å². The number of urea groups is 1. The topological polar surface area (TPSA) is 105 Å². The third kappa shape index (κ3) is 3.41. The van der Waals surface area contributed by atoms with Gasteiger partial charge in [0.25, 0.3) is 5.91 Å². The minimum Gasteiger partial charge on any atom is -0.440 e. The van der Waals surface area contributed by atoms with Crippen LogP contribution in [0.3, 0.4) is 0 Å². The van der Waals surface area contributed by atoms with Gasteiger partial charge in [-0.25, -0.2) is 14.2 Å². The molecule has 158 valence electrons. The summed E-state index contributed by atoms with van der Waals surface area (Å²) in [5.41, 5.74) is 0.825. The first-order chi connectivity index (χ1) is 14.8. The number of anilines is 1. The standard InChI is InChI=1S/C22H19FN4O4/c1-22(13-4-6-14(23)7-5-13)20(29)27(21(30)26-22)11-18(28)24-15-8-9-17-16(10-15)25-19(31-17)12-2-3-12/h4-10,12H,2-3,11H2,1H3,(H,24,28)(H,26,30). The number of hydrogen-bond donors (Lipinski definition) is 2. The van der Waals surface area contributed by atoms with E-state index in [1.165, 1.54) is 31.2 Å². The molecule has 5 rings (SSSR count). The van der Waals surface area contributed by atoms with Crippen LogP contribution in [0.4, 0.5) is 14.9 Å². The minimum atomic E-state index is -1.37. The highest BCUT2D eigenvalue weighted by atomic mass is 19.1. The van der Waals surface area contributed by atoms with Gasteiger partial charge in [-0.1, -0.05) is 12.1 Å². The fourth-order valence-corrected chi connectivity index (χ4v) is 3.69. The summed E-state index contributed by atoms with van der Waals surface area (Å²) in [4.78, 5) is 43.1. The van der Waals surface area contributed by atoms with Crippen LogP contribution in [0.15, 0.2) is 46.9 Å². The van der Waals surface area contributed by atoms with Crippen LogP contribution in [0.25, 0.3) is 11.1 Å². The molecule has 2 heterocycles. The van der Waals surface area contributed by atoms with Crippen molar-refractivity contribution >= 4 is 34.6 Å². The molecule has 1 aliphatic carbocycles. The monoisotopic (exact) mass is 422 g/mol. The molecule has 1 unspecified atom stereocenters. The van der Waals surface area contributed by atoms with Gasteiger partial charge >= 0.3 is 6.03 Å². The Bertz CT molecular complexity index is 1220. The first-order valence-electron chi connectivity index (χ1n) is 9.94. The SMILES string of the molecule is CC1(c2ccc(F)cc2)NC(=O)N(CC(=O)Nc2ccc3oc(C4CC4)nc3c2)C1=O. The fourth-order valence-electron chi connectivity index (χ4n) is 3.69. The van der Waals surface area contributed by atoms with Crippen molar-refractivity contribution in [2.45, 2.75) is 31.2 Å². The van der Waals surface area contributed by atoms with Crippen LogP contribution < -0.4 is 10.6 Å². The van der Waals surface area contributed by atoms with Crippen molar-refractivity contribution in [3.05, 3.63) is 59.7 Å². The normalized spacial score (nSPS) is 20.9. The Kier molecular flexibility index (Phi) is 4.28.